The molecule has 1 amide bonds. The summed E-state index contributed by atoms with van der Waals surface area (Å²) in [6, 6.07) is 3.68. The minimum absolute atomic E-state index is 0.248. The fourth-order valence-corrected chi connectivity index (χ4v) is 3.57. The van der Waals surface area contributed by atoms with Gasteiger partial charge in [-0.15, -0.1) is 0 Å². The topological polar surface area (TPSA) is 99.7 Å². The molecule has 1 fully saturated rings. The zero-order chi connectivity index (χ0) is 20.4. The molecule has 0 aromatic carbocycles. The van der Waals surface area contributed by atoms with Gasteiger partial charge in [-0.05, 0) is 38.8 Å². The van der Waals surface area contributed by atoms with E-state index in [4.69, 9.17) is 9.47 Å². The zero-order valence-electron chi connectivity index (χ0n) is 16.4. The standard InChI is InChI=1S/C20H23N5O4/c1-3-29-20(27)17-12-21-24-7-4-14(10-18(17)24)23-19(26)16-11-22-25(13(16)2)15-5-8-28-9-6-15/h4,7,10-12,15H,3,5-6,8-9H2,1-2H3,(H,23,26). The van der Waals surface area contributed by atoms with Gasteiger partial charge in [0.05, 0.1) is 36.1 Å². The van der Waals surface area contributed by atoms with E-state index in [-0.39, 0.29) is 18.6 Å². The zero-order valence-corrected chi connectivity index (χ0v) is 16.4. The summed E-state index contributed by atoms with van der Waals surface area (Å²) in [5.74, 6) is -0.693. The highest BCUT2D eigenvalue weighted by Crippen LogP contribution is 2.24. The molecule has 0 unspecified atom stereocenters. The Morgan fingerprint density at radius 2 is 2.00 bits per heavy atom. The van der Waals surface area contributed by atoms with Crippen LogP contribution in [0.25, 0.3) is 5.52 Å². The van der Waals surface area contributed by atoms with Gasteiger partial charge in [-0.2, -0.15) is 10.2 Å². The number of anilines is 1. The molecule has 0 bridgehead atoms. The molecular formula is C20H23N5O4. The molecule has 1 aliphatic heterocycles. The van der Waals surface area contributed by atoms with Crippen molar-refractivity contribution in [1.82, 2.24) is 19.4 Å². The number of fused-ring (bicyclic) bond motifs is 1. The molecule has 0 spiro atoms. The minimum Gasteiger partial charge on any atom is -0.462 e. The number of hydrogen-bond donors (Lipinski definition) is 1. The van der Waals surface area contributed by atoms with E-state index in [0.717, 1.165) is 18.5 Å². The number of nitrogens with zero attached hydrogens (tertiary/aromatic N) is 4. The van der Waals surface area contributed by atoms with E-state index in [9.17, 15) is 9.59 Å². The normalized spacial score (nSPS) is 14.8. The lowest BCUT2D eigenvalue weighted by Crippen LogP contribution is -2.22. The maximum absolute atomic E-state index is 12.8. The number of nitrogens with one attached hydrogen (secondary N) is 1. The molecule has 1 aliphatic rings. The lowest BCUT2D eigenvalue weighted by molar-refractivity contribution is 0.0528. The lowest BCUT2D eigenvalue weighted by Gasteiger charge is -2.23. The van der Waals surface area contributed by atoms with Crippen LogP contribution in [0.4, 0.5) is 5.69 Å². The van der Waals surface area contributed by atoms with Crippen molar-refractivity contribution in [2.24, 2.45) is 0 Å². The third-order valence-electron chi connectivity index (χ3n) is 5.10. The third-order valence-corrected chi connectivity index (χ3v) is 5.10. The molecular weight excluding hydrogens is 374 g/mol. The molecule has 29 heavy (non-hydrogen) atoms. The summed E-state index contributed by atoms with van der Waals surface area (Å²) in [6.45, 7) is 5.34. The lowest BCUT2D eigenvalue weighted by atomic mass is 10.1. The number of pyridine rings is 1. The van der Waals surface area contributed by atoms with Gasteiger partial charge < -0.3 is 14.8 Å². The Morgan fingerprint density at radius 1 is 1.24 bits per heavy atom. The Morgan fingerprint density at radius 3 is 2.76 bits per heavy atom. The van der Waals surface area contributed by atoms with Crippen LogP contribution in [0.3, 0.4) is 0 Å². The van der Waals surface area contributed by atoms with Gasteiger partial charge in [-0.25, -0.2) is 9.31 Å². The van der Waals surface area contributed by atoms with Crippen LogP contribution in [0.1, 0.15) is 52.2 Å². The van der Waals surface area contributed by atoms with E-state index in [1.807, 2.05) is 11.6 Å². The molecule has 9 heteroatoms. The number of amides is 1. The second-order valence-electron chi connectivity index (χ2n) is 6.91. The van der Waals surface area contributed by atoms with E-state index >= 15 is 0 Å². The van der Waals surface area contributed by atoms with Crippen LogP contribution < -0.4 is 5.32 Å². The smallest absolute Gasteiger partial charge is 0.341 e. The van der Waals surface area contributed by atoms with Crippen LogP contribution in [0.15, 0.2) is 30.7 Å². The first-order valence-electron chi connectivity index (χ1n) is 9.66. The van der Waals surface area contributed by atoms with Crippen molar-refractivity contribution in [3.8, 4) is 0 Å². The van der Waals surface area contributed by atoms with Crippen molar-refractivity contribution in [1.29, 1.82) is 0 Å². The van der Waals surface area contributed by atoms with Crippen LogP contribution in [-0.2, 0) is 9.47 Å². The maximum Gasteiger partial charge on any atom is 0.341 e. The minimum atomic E-state index is -0.445. The molecule has 9 nitrogen and oxygen atoms in total. The van der Waals surface area contributed by atoms with Gasteiger partial charge >= 0.3 is 5.97 Å². The molecule has 4 rings (SSSR count). The SMILES string of the molecule is CCOC(=O)c1cnn2ccc(NC(=O)c3cnn(C4CCOCC4)c3C)cc12. The van der Waals surface area contributed by atoms with Gasteiger partial charge in [0, 0.05) is 30.8 Å². The third kappa shape index (κ3) is 3.73. The van der Waals surface area contributed by atoms with E-state index in [1.165, 1.54) is 6.20 Å². The molecule has 0 atom stereocenters. The second kappa shape index (κ2) is 8.04. The molecule has 1 saturated heterocycles. The van der Waals surface area contributed by atoms with Crippen LogP contribution in [0, 0.1) is 6.92 Å². The number of ether oxygens (including phenoxy) is 2. The predicted molar refractivity (Wildman–Crippen MR) is 105 cm³/mol. The summed E-state index contributed by atoms with van der Waals surface area (Å²) in [5, 5.41) is 11.5. The van der Waals surface area contributed by atoms with Crippen LogP contribution >= 0.6 is 0 Å². The van der Waals surface area contributed by atoms with Crippen molar-refractivity contribution in [3.05, 3.63) is 47.5 Å². The Balaban J connectivity index is 1.55. The van der Waals surface area contributed by atoms with Gasteiger partial charge in [0.2, 0.25) is 0 Å². The largest absolute Gasteiger partial charge is 0.462 e. The summed E-state index contributed by atoms with van der Waals surface area (Å²) in [7, 11) is 0. The van der Waals surface area contributed by atoms with Crippen LogP contribution in [0.5, 0.6) is 0 Å². The monoisotopic (exact) mass is 397 g/mol. The number of carbonyl (C=O) groups is 2. The molecule has 3 aromatic heterocycles. The molecule has 0 radical (unpaired) electrons. The van der Waals surface area contributed by atoms with Crippen molar-refractivity contribution >= 4 is 23.1 Å². The molecule has 1 N–H and O–H groups in total. The van der Waals surface area contributed by atoms with E-state index in [0.29, 0.717) is 35.5 Å². The second-order valence-corrected chi connectivity index (χ2v) is 6.91. The number of aromatic nitrogens is 4. The molecule has 152 valence electrons. The fourth-order valence-electron chi connectivity index (χ4n) is 3.57. The number of carbonyl (C=O) groups excluding carboxylic acids is 2. The number of rotatable bonds is 5. The molecule has 4 heterocycles. The predicted octanol–water partition coefficient (Wildman–Crippen LogP) is 2.62. The number of hydrogen-bond acceptors (Lipinski definition) is 6. The average Bonchev–Trinajstić information content (AvgIpc) is 3.32. The summed E-state index contributed by atoms with van der Waals surface area (Å²) >= 11 is 0. The molecule has 0 aliphatic carbocycles. The quantitative estimate of drug-likeness (QED) is 0.665. The van der Waals surface area contributed by atoms with Crippen molar-refractivity contribution < 1.29 is 19.1 Å². The number of esters is 1. The highest BCUT2D eigenvalue weighted by Gasteiger charge is 2.22. The first kappa shape index (κ1) is 19.1. The van der Waals surface area contributed by atoms with Crippen molar-refractivity contribution in [3.63, 3.8) is 0 Å². The first-order valence-corrected chi connectivity index (χ1v) is 9.66. The molecule has 0 saturated carbocycles. The van der Waals surface area contributed by atoms with E-state index in [2.05, 4.69) is 15.5 Å². The van der Waals surface area contributed by atoms with E-state index < -0.39 is 5.97 Å². The summed E-state index contributed by atoms with van der Waals surface area (Å²) in [5.41, 5.74) is 2.83. The van der Waals surface area contributed by atoms with Gasteiger partial charge in [0.25, 0.3) is 5.91 Å². The first-order chi connectivity index (χ1) is 14.1. The molecule has 3 aromatic rings. The summed E-state index contributed by atoms with van der Waals surface area (Å²) < 4.78 is 13.9. The van der Waals surface area contributed by atoms with E-state index in [1.54, 1.807) is 36.0 Å². The Labute approximate surface area is 167 Å². The van der Waals surface area contributed by atoms with Gasteiger partial charge in [-0.1, -0.05) is 0 Å². The maximum atomic E-state index is 12.8. The van der Waals surface area contributed by atoms with Crippen LogP contribution in [0.2, 0.25) is 0 Å². The van der Waals surface area contributed by atoms with Gasteiger partial charge in [0.15, 0.2) is 0 Å². The Bertz CT molecular complexity index is 1050. The Kier molecular flexibility index (Phi) is 5.30. The highest BCUT2D eigenvalue weighted by molar-refractivity contribution is 6.05. The van der Waals surface area contributed by atoms with Crippen molar-refractivity contribution in [2.75, 3.05) is 25.1 Å². The fraction of sp³-hybridized carbons (Fsp3) is 0.400. The Hall–Kier alpha value is -3.20. The van der Waals surface area contributed by atoms with Gasteiger partial charge in [0.1, 0.15) is 5.56 Å². The summed E-state index contributed by atoms with van der Waals surface area (Å²) in [6.07, 6.45) is 6.52. The average molecular weight is 397 g/mol. The highest BCUT2D eigenvalue weighted by atomic mass is 16.5. The van der Waals surface area contributed by atoms with Gasteiger partial charge in [-0.3, -0.25) is 9.48 Å². The van der Waals surface area contributed by atoms with Crippen molar-refractivity contribution in [2.45, 2.75) is 32.7 Å². The van der Waals surface area contributed by atoms with Crippen LogP contribution in [-0.4, -0.2) is 51.1 Å². The summed E-state index contributed by atoms with van der Waals surface area (Å²) in [4.78, 5) is 24.9.